The van der Waals surface area contributed by atoms with E-state index < -0.39 is 108 Å². The van der Waals surface area contributed by atoms with Crippen molar-refractivity contribution in [1.82, 2.24) is 42.1 Å². The van der Waals surface area contributed by atoms with Gasteiger partial charge < -0.3 is 69.5 Å². The third-order valence-electron chi connectivity index (χ3n) is 10.8. The molecule has 1 aromatic carbocycles. The van der Waals surface area contributed by atoms with Crippen LogP contribution >= 0.6 is 0 Å². The van der Waals surface area contributed by atoms with Gasteiger partial charge in [0.2, 0.25) is 47.3 Å². The van der Waals surface area contributed by atoms with Crippen LogP contribution < -0.4 is 54.4 Å². The van der Waals surface area contributed by atoms with Gasteiger partial charge in [0.25, 0.3) is 0 Å². The van der Waals surface area contributed by atoms with Crippen LogP contribution in [0.15, 0.2) is 35.3 Å². The molecule has 1 heterocycles. The fraction of sp³-hybridized carbons (Fsp3) is 0.636. The number of aliphatic hydroxyl groups is 1. The zero-order valence-corrected chi connectivity index (χ0v) is 39.3. The Bertz CT molecular complexity index is 1880. The van der Waals surface area contributed by atoms with Crippen LogP contribution in [0.2, 0.25) is 0 Å². The molecule has 1 fully saturated rings. The summed E-state index contributed by atoms with van der Waals surface area (Å²) in [5.74, 6) is -7.26. The molecular weight excluding hydrogens is 873 g/mol. The molecule has 0 radical (unpaired) electrons. The first kappa shape index (κ1) is 56.8. The molecule has 0 saturated carbocycles. The number of carboxylic acid groups (broad SMARTS) is 1. The van der Waals surface area contributed by atoms with Gasteiger partial charge in [-0.15, -0.1) is 0 Å². The number of likely N-dealkylation sites (tertiary alicyclic amines) is 1. The number of rotatable bonds is 28. The van der Waals surface area contributed by atoms with Crippen LogP contribution in [-0.2, 0) is 49.6 Å². The number of nitrogens with two attached hydrogens (primary N) is 3. The Balaban J connectivity index is 2.15. The first-order chi connectivity index (χ1) is 31.5. The average Bonchev–Trinajstić information content (AvgIpc) is 3.75. The van der Waals surface area contributed by atoms with Crippen molar-refractivity contribution in [3.05, 3.63) is 35.9 Å². The maximum atomic E-state index is 14.2. The van der Waals surface area contributed by atoms with Crippen molar-refractivity contribution in [3.63, 3.8) is 0 Å². The normalized spacial score (nSPS) is 16.9. The zero-order valence-electron chi connectivity index (χ0n) is 39.3. The van der Waals surface area contributed by atoms with Crippen molar-refractivity contribution in [3.8, 4) is 0 Å². The second-order valence-corrected chi connectivity index (χ2v) is 17.2. The number of nitrogens with one attached hydrogen (secondary N) is 7. The number of aliphatic hydroxyl groups excluding tert-OH is 1. The Labute approximate surface area is 391 Å². The number of aliphatic imine (C=N–C) groups is 1. The van der Waals surface area contributed by atoms with E-state index in [1.807, 2.05) is 32.0 Å². The zero-order chi connectivity index (χ0) is 50.4. The van der Waals surface area contributed by atoms with Crippen LogP contribution in [0.1, 0.15) is 98.5 Å². The van der Waals surface area contributed by atoms with Gasteiger partial charge in [0, 0.05) is 26.4 Å². The van der Waals surface area contributed by atoms with E-state index in [9.17, 15) is 53.4 Å². The highest BCUT2D eigenvalue weighted by Gasteiger charge is 2.40. The van der Waals surface area contributed by atoms with Crippen molar-refractivity contribution < 1.29 is 53.4 Å². The smallest absolute Gasteiger partial charge is 0.326 e. The number of amides is 8. The van der Waals surface area contributed by atoms with Gasteiger partial charge >= 0.3 is 5.97 Å². The molecule has 374 valence electrons. The summed E-state index contributed by atoms with van der Waals surface area (Å²) in [7, 11) is 0. The Hall–Kier alpha value is -6.36. The molecule has 0 aliphatic carbocycles. The molecule has 1 saturated heterocycles. The Morgan fingerprint density at radius 1 is 0.716 bits per heavy atom. The lowest BCUT2D eigenvalue weighted by Gasteiger charge is -2.31. The largest absolute Gasteiger partial charge is 0.480 e. The molecule has 0 spiro atoms. The lowest BCUT2D eigenvalue weighted by molar-refractivity contribution is -0.142. The van der Waals surface area contributed by atoms with Gasteiger partial charge in [-0.3, -0.25) is 43.3 Å². The van der Waals surface area contributed by atoms with E-state index in [1.165, 1.54) is 32.6 Å². The highest BCUT2D eigenvalue weighted by atomic mass is 16.4. The number of carbonyl (C=O) groups excluding carboxylic acids is 8. The van der Waals surface area contributed by atoms with Crippen molar-refractivity contribution >= 4 is 59.2 Å². The van der Waals surface area contributed by atoms with Crippen LogP contribution in [-0.4, -0.2) is 148 Å². The van der Waals surface area contributed by atoms with E-state index >= 15 is 0 Å². The number of hydrogen-bond donors (Lipinski definition) is 12. The van der Waals surface area contributed by atoms with Gasteiger partial charge in [-0.2, -0.15) is 0 Å². The number of unbranched alkanes of at least 4 members (excludes halogenated alkanes) is 1. The van der Waals surface area contributed by atoms with Gasteiger partial charge in [0.1, 0.15) is 48.3 Å². The highest BCUT2D eigenvalue weighted by molar-refractivity contribution is 5.98. The van der Waals surface area contributed by atoms with E-state index in [0.717, 1.165) is 5.56 Å². The number of nitrogens with zero attached hydrogens (tertiary/aromatic N) is 2. The van der Waals surface area contributed by atoms with Crippen molar-refractivity contribution in [1.29, 1.82) is 0 Å². The van der Waals surface area contributed by atoms with Crippen LogP contribution in [0, 0.1) is 5.92 Å². The summed E-state index contributed by atoms with van der Waals surface area (Å²) < 4.78 is 0. The van der Waals surface area contributed by atoms with Gasteiger partial charge in [0.15, 0.2) is 5.96 Å². The average molecular weight is 945 g/mol. The molecule has 8 amide bonds. The molecule has 0 unspecified atom stereocenters. The fourth-order valence-corrected chi connectivity index (χ4v) is 7.29. The van der Waals surface area contributed by atoms with Crippen LogP contribution in [0.3, 0.4) is 0 Å². The standard InChI is InChI=1S/C44H72N12O11/c1-24(2)22-32(38(61)49-26(4)37(60)55-35(27(5)57)41(64)50-25(3)36(59)53-31(43(66)67)17-12-20-48-44(46)47)54-40(63)34-18-13-21-56(34)42(65)30(16-10-11-19-45)52-39(62)33(51-28(6)58)23-29-14-8-7-9-15-29/h7-9,14-15,24-27,30-35,57H,10-13,16-23,45H2,1-6H3,(H,49,61)(H,50,64)(H,51,58)(H,52,62)(H,53,59)(H,54,63)(H,55,60)(H,66,67)(H4,46,47,48)/t25-,26+,27-,30+,31+,32+,33+,34+,35+/m1/s1. The molecule has 1 aliphatic heterocycles. The van der Waals surface area contributed by atoms with Crippen molar-refractivity contribution in [2.24, 2.45) is 28.1 Å². The lowest BCUT2D eigenvalue weighted by atomic mass is 10.0. The van der Waals surface area contributed by atoms with E-state index in [-0.39, 0.29) is 63.5 Å². The van der Waals surface area contributed by atoms with Crippen LogP contribution in [0.4, 0.5) is 0 Å². The van der Waals surface area contributed by atoms with Crippen molar-refractivity contribution in [2.75, 3.05) is 19.6 Å². The third kappa shape index (κ3) is 20.0. The quantitative estimate of drug-likeness (QED) is 0.0232. The van der Waals surface area contributed by atoms with Gasteiger partial charge in [-0.05, 0) is 90.2 Å². The second kappa shape index (κ2) is 28.6. The summed E-state index contributed by atoms with van der Waals surface area (Å²) in [6.45, 7) is 9.41. The lowest BCUT2D eigenvalue weighted by Crippen LogP contribution is -2.61. The predicted molar refractivity (Wildman–Crippen MR) is 247 cm³/mol. The summed E-state index contributed by atoms with van der Waals surface area (Å²) in [5, 5.41) is 37.8. The van der Waals surface area contributed by atoms with Crippen LogP contribution in [0.5, 0.6) is 0 Å². The SMILES string of the molecule is CC(=O)N[C@@H](Cc1ccccc1)C(=O)N[C@@H](CCCCN)C(=O)N1CCC[C@H]1C(=O)N[C@@H](CC(C)C)C(=O)N[C@@H](C)C(=O)N[C@H](C(=O)N[C@H](C)C(=O)N[C@@H](CCCN=C(N)N)C(=O)O)[C@@H](C)O. The summed E-state index contributed by atoms with van der Waals surface area (Å²) >= 11 is 0. The number of aliphatic carboxylic acids is 1. The molecule has 0 bridgehead atoms. The number of hydrogen-bond acceptors (Lipinski definition) is 12. The summed E-state index contributed by atoms with van der Waals surface area (Å²) in [5.41, 5.74) is 17.1. The maximum absolute atomic E-state index is 14.2. The first-order valence-electron chi connectivity index (χ1n) is 22.7. The Kier molecular flexibility index (Phi) is 24.3. The number of carbonyl (C=O) groups is 9. The molecule has 2 rings (SSSR count). The van der Waals surface area contributed by atoms with E-state index in [0.29, 0.717) is 25.8 Å². The minimum Gasteiger partial charge on any atom is -0.480 e. The number of guanidine groups is 1. The maximum Gasteiger partial charge on any atom is 0.326 e. The van der Waals surface area contributed by atoms with Crippen molar-refractivity contribution in [2.45, 2.75) is 154 Å². The molecule has 0 aromatic heterocycles. The molecular formula is C44H72N12O11. The summed E-state index contributed by atoms with van der Waals surface area (Å²) in [6, 6.07) is -0.702. The molecule has 1 aliphatic rings. The fourth-order valence-electron chi connectivity index (χ4n) is 7.29. The first-order valence-corrected chi connectivity index (χ1v) is 22.7. The molecule has 9 atom stereocenters. The number of carboxylic acids is 1. The monoisotopic (exact) mass is 945 g/mol. The second-order valence-electron chi connectivity index (χ2n) is 17.2. The minimum atomic E-state index is -1.61. The minimum absolute atomic E-state index is 0.0221. The molecule has 15 N–H and O–H groups in total. The molecule has 23 nitrogen and oxygen atoms in total. The number of benzene rings is 1. The topological polar surface area (TPSA) is 372 Å². The van der Waals surface area contributed by atoms with Crippen LogP contribution in [0.25, 0.3) is 0 Å². The third-order valence-corrected chi connectivity index (χ3v) is 10.8. The molecule has 67 heavy (non-hydrogen) atoms. The van der Waals surface area contributed by atoms with Gasteiger partial charge in [-0.1, -0.05) is 44.2 Å². The highest BCUT2D eigenvalue weighted by Crippen LogP contribution is 2.21. The summed E-state index contributed by atoms with van der Waals surface area (Å²) in [4.78, 5) is 124. The van der Waals surface area contributed by atoms with E-state index in [4.69, 9.17) is 17.2 Å². The molecule has 1 aromatic rings. The van der Waals surface area contributed by atoms with E-state index in [1.54, 1.807) is 12.1 Å². The van der Waals surface area contributed by atoms with Gasteiger partial charge in [0.05, 0.1) is 6.10 Å². The Morgan fingerprint density at radius 2 is 1.30 bits per heavy atom. The Morgan fingerprint density at radius 3 is 1.87 bits per heavy atom. The molecule has 23 heteroatoms. The van der Waals surface area contributed by atoms with Gasteiger partial charge in [-0.25, -0.2) is 4.79 Å². The van der Waals surface area contributed by atoms with E-state index in [2.05, 4.69) is 42.2 Å². The summed E-state index contributed by atoms with van der Waals surface area (Å²) in [6.07, 6.45) is 1.01. The predicted octanol–water partition coefficient (Wildman–Crippen LogP) is -2.63.